The van der Waals surface area contributed by atoms with E-state index in [9.17, 15) is 4.79 Å². The van der Waals surface area contributed by atoms with Gasteiger partial charge in [-0.05, 0) is 67.6 Å². The van der Waals surface area contributed by atoms with Gasteiger partial charge in [0.15, 0.2) is 5.11 Å². The summed E-state index contributed by atoms with van der Waals surface area (Å²) in [4.78, 5) is 13.4. The molecule has 2 bridgehead atoms. The normalized spacial score (nSPS) is 25.8. The number of thiocarbonyl (C=S) groups is 1. The zero-order valence-corrected chi connectivity index (χ0v) is 14.0. The Morgan fingerprint density at radius 3 is 2.45 bits per heavy atom. The van der Waals surface area contributed by atoms with Crippen molar-refractivity contribution in [2.75, 3.05) is 19.4 Å². The predicted octanol–water partition coefficient (Wildman–Crippen LogP) is 2.86. The molecule has 0 aromatic heterocycles. The molecule has 0 spiro atoms. The molecule has 0 radical (unpaired) electrons. The summed E-state index contributed by atoms with van der Waals surface area (Å²) in [5.74, 6) is 1.71. The standard InChI is InChI=1S/C17H23N3OS/c1-20(2)16(21)12-5-7-14(8-6-12)18-17(22)19-15-10-11-3-4-13(15)9-11/h5-8,11,13,15H,3-4,9-10H2,1-2H3,(H2,18,19,22)/t11-,13-,15-/m1/s1. The Kier molecular flexibility index (Phi) is 4.34. The van der Waals surface area contributed by atoms with Gasteiger partial charge in [0, 0.05) is 31.4 Å². The lowest BCUT2D eigenvalue weighted by atomic mass is 9.96. The molecule has 4 nitrogen and oxygen atoms in total. The quantitative estimate of drug-likeness (QED) is 0.842. The van der Waals surface area contributed by atoms with Crippen molar-refractivity contribution in [1.29, 1.82) is 0 Å². The molecule has 5 heteroatoms. The van der Waals surface area contributed by atoms with Crippen LogP contribution in [0.25, 0.3) is 0 Å². The molecule has 118 valence electrons. The molecule has 2 fully saturated rings. The predicted molar refractivity (Wildman–Crippen MR) is 93.1 cm³/mol. The van der Waals surface area contributed by atoms with E-state index >= 15 is 0 Å². The molecule has 3 rings (SSSR count). The van der Waals surface area contributed by atoms with Crippen molar-refractivity contribution in [3.63, 3.8) is 0 Å². The van der Waals surface area contributed by atoms with E-state index in [0.29, 0.717) is 16.7 Å². The van der Waals surface area contributed by atoms with Gasteiger partial charge in [-0.1, -0.05) is 6.42 Å². The Hall–Kier alpha value is -1.62. The third-order valence-corrected chi connectivity index (χ3v) is 5.07. The van der Waals surface area contributed by atoms with E-state index in [2.05, 4.69) is 10.6 Å². The van der Waals surface area contributed by atoms with Crippen molar-refractivity contribution in [2.45, 2.75) is 31.7 Å². The number of fused-ring (bicyclic) bond motifs is 2. The highest BCUT2D eigenvalue weighted by atomic mass is 32.1. The number of nitrogens with one attached hydrogen (secondary N) is 2. The van der Waals surface area contributed by atoms with Crippen LogP contribution in [-0.2, 0) is 0 Å². The molecule has 0 aliphatic heterocycles. The first-order valence-electron chi connectivity index (χ1n) is 7.92. The molecule has 22 heavy (non-hydrogen) atoms. The number of anilines is 1. The van der Waals surface area contributed by atoms with Gasteiger partial charge in [-0.2, -0.15) is 0 Å². The van der Waals surface area contributed by atoms with Crippen molar-refractivity contribution in [2.24, 2.45) is 11.8 Å². The number of amides is 1. The Labute approximate surface area is 137 Å². The maximum Gasteiger partial charge on any atom is 0.253 e. The second-order valence-corrected chi connectivity index (χ2v) is 7.06. The van der Waals surface area contributed by atoms with Gasteiger partial charge in [-0.3, -0.25) is 4.79 Å². The number of nitrogens with zero attached hydrogens (tertiary/aromatic N) is 1. The first-order chi connectivity index (χ1) is 10.5. The van der Waals surface area contributed by atoms with Gasteiger partial charge in [-0.25, -0.2) is 0 Å². The molecule has 2 aliphatic carbocycles. The van der Waals surface area contributed by atoms with E-state index in [0.717, 1.165) is 17.5 Å². The first kappa shape index (κ1) is 15.3. The van der Waals surface area contributed by atoms with Crippen LogP contribution in [0.1, 0.15) is 36.0 Å². The minimum absolute atomic E-state index is 0.00855. The van der Waals surface area contributed by atoms with Crippen LogP contribution in [0.15, 0.2) is 24.3 Å². The van der Waals surface area contributed by atoms with Crippen molar-refractivity contribution < 1.29 is 4.79 Å². The van der Waals surface area contributed by atoms with E-state index in [1.807, 2.05) is 24.3 Å². The van der Waals surface area contributed by atoms with Crippen LogP contribution in [0.5, 0.6) is 0 Å². The SMILES string of the molecule is CN(C)C(=O)c1ccc(NC(=S)N[C@@H]2C[C@@H]3CC[C@@H]2C3)cc1. The largest absolute Gasteiger partial charge is 0.359 e. The van der Waals surface area contributed by atoms with Crippen molar-refractivity contribution >= 4 is 28.9 Å². The second-order valence-electron chi connectivity index (χ2n) is 6.66. The Morgan fingerprint density at radius 1 is 1.18 bits per heavy atom. The average Bonchev–Trinajstić information content (AvgIpc) is 3.09. The Bertz CT molecular complexity index is 570. The molecule has 0 saturated heterocycles. The number of carbonyl (C=O) groups excluding carboxylic acids is 1. The van der Waals surface area contributed by atoms with Gasteiger partial charge < -0.3 is 15.5 Å². The molecular formula is C17H23N3OS. The maximum absolute atomic E-state index is 11.8. The maximum atomic E-state index is 11.8. The Morgan fingerprint density at radius 2 is 1.91 bits per heavy atom. The van der Waals surface area contributed by atoms with E-state index in [4.69, 9.17) is 12.2 Å². The molecule has 2 saturated carbocycles. The molecule has 3 atom stereocenters. The first-order valence-corrected chi connectivity index (χ1v) is 8.33. The topological polar surface area (TPSA) is 44.4 Å². The van der Waals surface area contributed by atoms with E-state index in [1.165, 1.54) is 25.7 Å². The van der Waals surface area contributed by atoms with Crippen molar-refractivity contribution in [1.82, 2.24) is 10.2 Å². The fourth-order valence-corrected chi connectivity index (χ4v) is 3.98. The fourth-order valence-electron chi connectivity index (χ4n) is 3.71. The van der Waals surface area contributed by atoms with Crippen LogP contribution in [0.2, 0.25) is 0 Å². The van der Waals surface area contributed by atoms with Crippen molar-refractivity contribution in [3.05, 3.63) is 29.8 Å². The summed E-state index contributed by atoms with van der Waals surface area (Å²) < 4.78 is 0. The van der Waals surface area contributed by atoms with Crippen LogP contribution < -0.4 is 10.6 Å². The van der Waals surface area contributed by atoms with Crippen LogP contribution >= 0.6 is 12.2 Å². The van der Waals surface area contributed by atoms with Gasteiger partial charge in [0.1, 0.15) is 0 Å². The molecule has 0 unspecified atom stereocenters. The van der Waals surface area contributed by atoms with Crippen LogP contribution in [0.4, 0.5) is 5.69 Å². The minimum Gasteiger partial charge on any atom is -0.359 e. The highest BCUT2D eigenvalue weighted by Gasteiger charge is 2.39. The number of rotatable bonds is 3. The molecular weight excluding hydrogens is 294 g/mol. The summed E-state index contributed by atoms with van der Waals surface area (Å²) in [6.07, 6.45) is 5.35. The molecule has 1 amide bonds. The summed E-state index contributed by atoms with van der Waals surface area (Å²) in [7, 11) is 3.51. The number of hydrogen-bond donors (Lipinski definition) is 2. The zero-order valence-electron chi connectivity index (χ0n) is 13.1. The lowest BCUT2D eigenvalue weighted by Gasteiger charge is -2.24. The van der Waals surface area contributed by atoms with Crippen molar-refractivity contribution in [3.8, 4) is 0 Å². The lowest BCUT2D eigenvalue weighted by molar-refractivity contribution is 0.0827. The summed E-state index contributed by atoms with van der Waals surface area (Å²) >= 11 is 5.42. The third-order valence-electron chi connectivity index (χ3n) is 4.85. The van der Waals surface area contributed by atoms with Crippen LogP contribution in [0.3, 0.4) is 0 Å². The summed E-state index contributed by atoms with van der Waals surface area (Å²) in [5.41, 5.74) is 1.60. The van der Waals surface area contributed by atoms with Gasteiger partial charge in [0.2, 0.25) is 0 Å². The van der Waals surface area contributed by atoms with Gasteiger partial charge in [0.25, 0.3) is 5.91 Å². The molecule has 1 aromatic rings. The van der Waals surface area contributed by atoms with Gasteiger partial charge >= 0.3 is 0 Å². The van der Waals surface area contributed by atoms with Crippen LogP contribution in [-0.4, -0.2) is 36.1 Å². The van der Waals surface area contributed by atoms with E-state index in [1.54, 1.807) is 19.0 Å². The Balaban J connectivity index is 1.54. The number of carbonyl (C=O) groups is 1. The van der Waals surface area contributed by atoms with Gasteiger partial charge in [-0.15, -0.1) is 0 Å². The van der Waals surface area contributed by atoms with Gasteiger partial charge in [0.05, 0.1) is 0 Å². The highest BCUT2D eigenvalue weighted by molar-refractivity contribution is 7.80. The summed E-state index contributed by atoms with van der Waals surface area (Å²) in [6, 6.07) is 7.97. The highest BCUT2D eigenvalue weighted by Crippen LogP contribution is 2.44. The molecule has 2 aliphatic rings. The molecule has 2 N–H and O–H groups in total. The zero-order chi connectivity index (χ0) is 15.7. The number of hydrogen-bond acceptors (Lipinski definition) is 2. The summed E-state index contributed by atoms with van der Waals surface area (Å²) in [6.45, 7) is 0. The molecule has 1 aromatic carbocycles. The fraction of sp³-hybridized carbons (Fsp3) is 0.529. The lowest BCUT2D eigenvalue weighted by Crippen LogP contribution is -2.40. The van der Waals surface area contributed by atoms with E-state index < -0.39 is 0 Å². The summed E-state index contributed by atoms with van der Waals surface area (Å²) in [5, 5.41) is 7.36. The monoisotopic (exact) mass is 317 g/mol. The minimum atomic E-state index is 0.00855. The number of benzene rings is 1. The molecule has 0 heterocycles. The average molecular weight is 317 g/mol. The smallest absolute Gasteiger partial charge is 0.253 e. The van der Waals surface area contributed by atoms with Crippen LogP contribution in [0, 0.1) is 11.8 Å². The van der Waals surface area contributed by atoms with E-state index in [-0.39, 0.29) is 5.91 Å². The third kappa shape index (κ3) is 3.24. The second kappa shape index (κ2) is 6.24.